The number of carbonyl (C=O) groups is 1. The third-order valence-electron chi connectivity index (χ3n) is 4.45. The minimum Gasteiger partial charge on any atom is -0.370 e. The second-order valence-corrected chi connectivity index (χ2v) is 6.42. The van der Waals surface area contributed by atoms with Gasteiger partial charge in [-0.25, -0.2) is 14.2 Å². The Morgan fingerprint density at radius 2 is 2.15 bits per heavy atom. The first-order chi connectivity index (χ1) is 12.8. The van der Waals surface area contributed by atoms with Gasteiger partial charge in [-0.3, -0.25) is 0 Å². The van der Waals surface area contributed by atoms with E-state index in [0.717, 1.165) is 42.5 Å². The van der Waals surface area contributed by atoms with Gasteiger partial charge in [-0.05, 0) is 24.5 Å². The zero-order chi connectivity index (χ0) is 19.4. The highest BCUT2D eigenvalue weighted by molar-refractivity contribution is 5.74. The number of amides is 2. The number of halogens is 4. The minimum atomic E-state index is -4.77. The molecule has 0 radical (unpaired) electrons. The molecule has 3 N–H and O–H groups in total. The summed E-state index contributed by atoms with van der Waals surface area (Å²) in [7, 11) is 0. The summed E-state index contributed by atoms with van der Waals surface area (Å²) in [4.78, 5) is 16.4. The smallest absolute Gasteiger partial charge is 0.370 e. The maximum absolute atomic E-state index is 14.0. The number of allylic oxidation sites excluding steroid dienone is 2. The summed E-state index contributed by atoms with van der Waals surface area (Å²) >= 11 is 0. The third kappa shape index (κ3) is 4.78. The maximum atomic E-state index is 14.0. The highest BCUT2D eigenvalue weighted by Gasteiger charge is 2.42. The molecule has 0 bridgehead atoms. The van der Waals surface area contributed by atoms with Gasteiger partial charge >= 0.3 is 12.2 Å². The Kier molecular flexibility index (Phi) is 5.67. The zero-order valence-corrected chi connectivity index (χ0v) is 14.4. The number of nitrogens with one attached hydrogen (secondary N) is 3. The van der Waals surface area contributed by atoms with Gasteiger partial charge in [0, 0.05) is 25.2 Å². The fourth-order valence-corrected chi connectivity index (χ4v) is 3.05. The van der Waals surface area contributed by atoms with Crippen LogP contribution in [0.15, 0.2) is 35.9 Å². The molecule has 1 aromatic heterocycles. The van der Waals surface area contributed by atoms with Crippen molar-refractivity contribution >= 4 is 11.8 Å². The number of rotatable bonds is 4. The summed E-state index contributed by atoms with van der Waals surface area (Å²) in [6.07, 6.45) is -1.66. The van der Waals surface area contributed by atoms with E-state index in [1.165, 1.54) is 6.08 Å². The maximum Gasteiger partial charge on any atom is 0.415 e. The lowest BCUT2D eigenvalue weighted by Crippen LogP contribution is -2.48. The van der Waals surface area contributed by atoms with Crippen LogP contribution in [0.1, 0.15) is 17.7 Å². The van der Waals surface area contributed by atoms with E-state index in [9.17, 15) is 22.4 Å². The Labute approximate surface area is 153 Å². The molecule has 1 aliphatic carbocycles. The minimum absolute atomic E-state index is 0.229. The van der Waals surface area contributed by atoms with E-state index >= 15 is 0 Å². The predicted molar refractivity (Wildman–Crippen MR) is 93.2 cm³/mol. The van der Waals surface area contributed by atoms with Gasteiger partial charge in [0.2, 0.25) is 0 Å². The molecular formula is C18H20F4N4O. The van der Waals surface area contributed by atoms with Crippen LogP contribution in [-0.2, 0) is 12.8 Å². The number of urea groups is 1. The molecule has 1 aliphatic heterocycles. The molecule has 0 saturated heterocycles. The molecule has 2 aliphatic rings. The molecule has 2 heterocycles. The van der Waals surface area contributed by atoms with Crippen molar-refractivity contribution in [1.82, 2.24) is 15.6 Å². The first-order valence-corrected chi connectivity index (χ1v) is 8.71. The second kappa shape index (κ2) is 7.98. The van der Waals surface area contributed by atoms with E-state index in [1.54, 1.807) is 0 Å². The zero-order valence-electron chi connectivity index (χ0n) is 14.4. The molecule has 0 fully saturated rings. The highest BCUT2D eigenvalue weighted by Crippen LogP contribution is 2.33. The van der Waals surface area contributed by atoms with E-state index in [-0.39, 0.29) is 6.54 Å². The van der Waals surface area contributed by atoms with Gasteiger partial charge in [0.15, 0.2) is 6.17 Å². The van der Waals surface area contributed by atoms with Crippen molar-refractivity contribution in [3.8, 4) is 0 Å². The standard InChI is InChI=1S/C18H20F4N4O/c19-15-13(18(20,21)22)4-1-5-14(15)26-17(27)24-10-8-12-7-6-11-3-2-9-23-16(11)25-12/h1,4-7,14-15H,2-3,8-10H2,(H,23,25)(H2,24,26,27). The van der Waals surface area contributed by atoms with E-state index in [0.29, 0.717) is 12.5 Å². The number of alkyl halides is 4. The van der Waals surface area contributed by atoms with E-state index < -0.39 is 30.0 Å². The molecule has 0 aromatic carbocycles. The summed E-state index contributed by atoms with van der Waals surface area (Å²) in [6.45, 7) is 1.10. The topological polar surface area (TPSA) is 66.0 Å². The third-order valence-corrected chi connectivity index (χ3v) is 4.45. The predicted octanol–water partition coefficient (Wildman–Crippen LogP) is 3.05. The van der Waals surface area contributed by atoms with Gasteiger partial charge in [0.1, 0.15) is 5.82 Å². The highest BCUT2D eigenvalue weighted by atomic mass is 19.4. The van der Waals surface area contributed by atoms with Crippen LogP contribution in [0.5, 0.6) is 0 Å². The summed E-state index contributed by atoms with van der Waals surface area (Å²) in [6, 6.07) is 1.78. The Bertz CT molecular complexity index is 760. The van der Waals surface area contributed by atoms with Crippen LogP contribution in [0, 0.1) is 0 Å². The van der Waals surface area contributed by atoms with E-state index in [2.05, 4.69) is 20.9 Å². The molecule has 27 heavy (non-hydrogen) atoms. The molecule has 9 heteroatoms. The van der Waals surface area contributed by atoms with Crippen LogP contribution in [0.4, 0.5) is 28.2 Å². The Morgan fingerprint density at radius 3 is 2.93 bits per heavy atom. The first-order valence-electron chi connectivity index (χ1n) is 8.71. The van der Waals surface area contributed by atoms with Crippen molar-refractivity contribution in [2.75, 3.05) is 18.4 Å². The molecule has 2 amide bonds. The van der Waals surface area contributed by atoms with Crippen molar-refractivity contribution < 1.29 is 22.4 Å². The van der Waals surface area contributed by atoms with Crippen molar-refractivity contribution in [1.29, 1.82) is 0 Å². The van der Waals surface area contributed by atoms with Crippen LogP contribution in [0.2, 0.25) is 0 Å². The Morgan fingerprint density at radius 1 is 1.33 bits per heavy atom. The SMILES string of the molecule is O=C(NCCc1ccc2c(n1)NCCC2)NC1C=CC=C(C(F)(F)F)C1F. The van der Waals surface area contributed by atoms with Gasteiger partial charge in [0.05, 0.1) is 11.6 Å². The van der Waals surface area contributed by atoms with Crippen LogP contribution >= 0.6 is 0 Å². The lowest BCUT2D eigenvalue weighted by atomic mass is 9.98. The average Bonchev–Trinajstić information content (AvgIpc) is 2.62. The average molecular weight is 384 g/mol. The number of anilines is 1. The Hall–Kier alpha value is -2.58. The van der Waals surface area contributed by atoms with Gasteiger partial charge < -0.3 is 16.0 Å². The summed E-state index contributed by atoms with van der Waals surface area (Å²) in [5.41, 5.74) is 0.634. The van der Waals surface area contributed by atoms with Crippen LogP contribution in [0.25, 0.3) is 0 Å². The largest absolute Gasteiger partial charge is 0.415 e. The molecule has 0 saturated carbocycles. The van der Waals surface area contributed by atoms with Crippen molar-refractivity contribution in [3.63, 3.8) is 0 Å². The molecule has 3 rings (SSSR count). The van der Waals surface area contributed by atoms with Crippen molar-refractivity contribution in [2.24, 2.45) is 0 Å². The quantitative estimate of drug-likeness (QED) is 0.699. The summed E-state index contributed by atoms with van der Waals surface area (Å²) in [5, 5.41) is 7.96. The summed E-state index contributed by atoms with van der Waals surface area (Å²) < 4.78 is 52.2. The first kappa shape index (κ1) is 19.2. The van der Waals surface area contributed by atoms with Crippen molar-refractivity contribution in [3.05, 3.63) is 47.2 Å². The van der Waals surface area contributed by atoms with Gasteiger partial charge in [0.25, 0.3) is 0 Å². The molecule has 1 aromatic rings. The number of aryl methyl sites for hydroxylation is 1. The lowest BCUT2D eigenvalue weighted by molar-refractivity contribution is -0.101. The lowest BCUT2D eigenvalue weighted by Gasteiger charge is -2.25. The normalized spacial score (nSPS) is 21.7. The number of aromatic nitrogens is 1. The van der Waals surface area contributed by atoms with Crippen LogP contribution < -0.4 is 16.0 Å². The molecule has 2 atom stereocenters. The van der Waals surface area contributed by atoms with E-state index in [1.807, 2.05) is 12.1 Å². The number of hydrogen-bond acceptors (Lipinski definition) is 3. The second-order valence-electron chi connectivity index (χ2n) is 6.42. The number of pyridine rings is 1. The molecule has 146 valence electrons. The number of fused-ring (bicyclic) bond motifs is 1. The Balaban J connectivity index is 1.48. The molecule has 5 nitrogen and oxygen atoms in total. The number of carbonyl (C=O) groups excluding carboxylic acids is 1. The van der Waals surface area contributed by atoms with E-state index in [4.69, 9.17) is 0 Å². The van der Waals surface area contributed by atoms with Crippen LogP contribution in [-0.4, -0.2) is 42.5 Å². The number of hydrogen-bond donors (Lipinski definition) is 3. The van der Waals surface area contributed by atoms with Crippen LogP contribution in [0.3, 0.4) is 0 Å². The summed E-state index contributed by atoms with van der Waals surface area (Å²) in [5.74, 6) is 0.849. The van der Waals surface area contributed by atoms with Crippen molar-refractivity contribution in [2.45, 2.75) is 37.7 Å². The van der Waals surface area contributed by atoms with Gasteiger partial charge in [-0.1, -0.05) is 24.3 Å². The van der Waals surface area contributed by atoms with Gasteiger partial charge in [-0.2, -0.15) is 13.2 Å². The number of nitrogens with zero attached hydrogens (tertiary/aromatic N) is 1. The monoisotopic (exact) mass is 384 g/mol. The molecule has 0 spiro atoms. The fraction of sp³-hybridized carbons (Fsp3) is 0.444. The molecular weight excluding hydrogens is 364 g/mol. The molecule has 2 unspecified atom stereocenters. The fourth-order valence-electron chi connectivity index (χ4n) is 3.05. The van der Waals surface area contributed by atoms with Gasteiger partial charge in [-0.15, -0.1) is 0 Å².